The molecule has 1 aliphatic heterocycles. The van der Waals surface area contributed by atoms with Gasteiger partial charge < -0.3 is 4.90 Å². The Morgan fingerprint density at radius 2 is 1.77 bits per heavy atom. The first kappa shape index (κ1) is 9.51. The number of likely N-dealkylation sites (tertiary alicyclic amines) is 1. The molecule has 0 aromatic carbocycles. The maximum Gasteiger partial charge on any atom is 0.0121 e. The Morgan fingerprint density at radius 3 is 2.38 bits per heavy atom. The molecule has 1 nitrogen and oxygen atoms in total. The van der Waals surface area contributed by atoms with Crippen molar-refractivity contribution in [3.05, 3.63) is 0 Å². The van der Waals surface area contributed by atoms with Crippen LogP contribution in [0.1, 0.15) is 46.0 Å². The molecule has 0 aromatic rings. The van der Waals surface area contributed by atoms with Gasteiger partial charge in [0, 0.05) is 6.04 Å². The molecule has 1 heterocycles. The van der Waals surface area contributed by atoms with Crippen LogP contribution in [-0.4, -0.2) is 24.5 Å². The molecule has 2 fully saturated rings. The maximum atomic E-state index is 2.62. The van der Waals surface area contributed by atoms with Crippen LogP contribution in [0.3, 0.4) is 0 Å². The van der Waals surface area contributed by atoms with Crippen molar-refractivity contribution in [3.8, 4) is 0 Å². The van der Waals surface area contributed by atoms with Gasteiger partial charge in [0.2, 0.25) is 0 Å². The molecule has 0 radical (unpaired) electrons. The number of hydrogen-bond acceptors (Lipinski definition) is 1. The molecule has 13 heavy (non-hydrogen) atoms. The lowest BCUT2D eigenvalue weighted by atomic mass is 9.84. The van der Waals surface area contributed by atoms with Crippen LogP contribution in [0.4, 0.5) is 0 Å². The van der Waals surface area contributed by atoms with Crippen LogP contribution >= 0.6 is 0 Å². The standard InChI is InChI=1S/C12H23N/c1-12(2)7-6-11(10-4-5-10)13(3)9-8-12/h10-11H,4-9H2,1-3H3. The summed E-state index contributed by atoms with van der Waals surface area (Å²) in [6.45, 7) is 6.17. The fourth-order valence-electron chi connectivity index (χ4n) is 2.61. The minimum atomic E-state index is 0.595. The molecule has 2 aliphatic rings. The summed E-state index contributed by atoms with van der Waals surface area (Å²) >= 11 is 0. The monoisotopic (exact) mass is 181 g/mol. The zero-order chi connectivity index (χ0) is 9.47. The van der Waals surface area contributed by atoms with Crippen LogP contribution < -0.4 is 0 Å². The second kappa shape index (κ2) is 3.27. The van der Waals surface area contributed by atoms with E-state index in [2.05, 4.69) is 25.8 Å². The number of rotatable bonds is 1. The summed E-state index contributed by atoms with van der Waals surface area (Å²) < 4.78 is 0. The lowest BCUT2D eigenvalue weighted by molar-refractivity contribution is 0.221. The highest BCUT2D eigenvalue weighted by atomic mass is 15.1. The van der Waals surface area contributed by atoms with Crippen molar-refractivity contribution >= 4 is 0 Å². The summed E-state index contributed by atoms with van der Waals surface area (Å²) in [4.78, 5) is 2.62. The van der Waals surface area contributed by atoms with Crippen molar-refractivity contribution in [2.75, 3.05) is 13.6 Å². The summed E-state index contributed by atoms with van der Waals surface area (Å²) in [5.74, 6) is 1.05. The van der Waals surface area contributed by atoms with E-state index in [1.165, 1.54) is 38.6 Å². The highest BCUT2D eigenvalue weighted by Gasteiger charge is 2.36. The highest BCUT2D eigenvalue weighted by Crippen LogP contribution is 2.41. The Labute approximate surface area is 82.5 Å². The van der Waals surface area contributed by atoms with Gasteiger partial charge in [0.25, 0.3) is 0 Å². The quantitative estimate of drug-likeness (QED) is 0.601. The van der Waals surface area contributed by atoms with Gasteiger partial charge in [-0.25, -0.2) is 0 Å². The van der Waals surface area contributed by atoms with E-state index < -0.39 is 0 Å². The third kappa shape index (κ3) is 2.25. The first-order chi connectivity index (χ1) is 6.08. The second-order valence-corrected chi connectivity index (χ2v) is 5.84. The predicted octanol–water partition coefficient (Wildman–Crippen LogP) is 2.91. The SMILES string of the molecule is CN1CCC(C)(C)CCC1C1CC1. The minimum Gasteiger partial charge on any atom is -0.303 e. The molecule has 76 valence electrons. The van der Waals surface area contributed by atoms with E-state index in [1.807, 2.05) is 0 Å². The molecule has 2 rings (SSSR count). The van der Waals surface area contributed by atoms with Crippen molar-refractivity contribution in [3.63, 3.8) is 0 Å². The van der Waals surface area contributed by atoms with Gasteiger partial charge >= 0.3 is 0 Å². The summed E-state index contributed by atoms with van der Waals surface area (Å²) in [7, 11) is 2.32. The van der Waals surface area contributed by atoms with E-state index in [1.54, 1.807) is 0 Å². The number of nitrogens with zero attached hydrogens (tertiary/aromatic N) is 1. The molecule has 1 saturated heterocycles. The van der Waals surface area contributed by atoms with Crippen LogP contribution in [0.5, 0.6) is 0 Å². The van der Waals surface area contributed by atoms with E-state index in [4.69, 9.17) is 0 Å². The first-order valence-corrected chi connectivity index (χ1v) is 5.79. The molecule has 1 heteroatoms. The highest BCUT2D eigenvalue weighted by molar-refractivity contribution is 4.90. The van der Waals surface area contributed by atoms with E-state index in [0.717, 1.165) is 12.0 Å². The Hall–Kier alpha value is -0.0400. The zero-order valence-electron chi connectivity index (χ0n) is 9.34. The largest absolute Gasteiger partial charge is 0.303 e. The Kier molecular flexibility index (Phi) is 2.39. The van der Waals surface area contributed by atoms with E-state index >= 15 is 0 Å². The van der Waals surface area contributed by atoms with E-state index in [9.17, 15) is 0 Å². The van der Waals surface area contributed by atoms with E-state index in [0.29, 0.717) is 5.41 Å². The molecule has 0 spiro atoms. The van der Waals surface area contributed by atoms with Gasteiger partial charge in [0.05, 0.1) is 0 Å². The molecule has 1 saturated carbocycles. The molecule has 1 unspecified atom stereocenters. The van der Waals surface area contributed by atoms with Crippen LogP contribution in [0, 0.1) is 11.3 Å². The van der Waals surface area contributed by atoms with Crippen LogP contribution in [-0.2, 0) is 0 Å². The summed E-state index contributed by atoms with van der Waals surface area (Å²) in [6.07, 6.45) is 7.24. The predicted molar refractivity (Wildman–Crippen MR) is 56.8 cm³/mol. The molecule has 1 aliphatic carbocycles. The molecular formula is C12H23N. The first-order valence-electron chi connectivity index (χ1n) is 5.79. The van der Waals surface area contributed by atoms with Gasteiger partial charge in [-0.15, -0.1) is 0 Å². The Bertz CT molecular complexity index is 182. The van der Waals surface area contributed by atoms with Gasteiger partial charge in [-0.1, -0.05) is 13.8 Å². The molecule has 1 atom stereocenters. The molecule has 0 aromatic heterocycles. The molecular weight excluding hydrogens is 158 g/mol. The van der Waals surface area contributed by atoms with E-state index in [-0.39, 0.29) is 0 Å². The Balaban J connectivity index is 1.97. The van der Waals surface area contributed by atoms with Gasteiger partial charge in [-0.3, -0.25) is 0 Å². The third-order valence-corrected chi connectivity index (χ3v) is 3.99. The average Bonchev–Trinajstić information content (AvgIpc) is 2.83. The second-order valence-electron chi connectivity index (χ2n) is 5.84. The fraction of sp³-hybridized carbons (Fsp3) is 1.00. The average molecular weight is 181 g/mol. The number of hydrogen-bond donors (Lipinski definition) is 0. The summed E-state index contributed by atoms with van der Waals surface area (Å²) in [5, 5.41) is 0. The van der Waals surface area contributed by atoms with Crippen molar-refractivity contribution in [2.24, 2.45) is 11.3 Å². The van der Waals surface area contributed by atoms with Gasteiger partial charge in [-0.05, 0) is 57.0 Å². The fourth-order valence-corrected chi connectivity index (χ4v) is 2.61. The molecule has 0 amide bonds. The van der Waals surface area contributed by atoms with Gasteiger partial charge in [-0.2, -0.15) is 0 Å². The van der Waals surface area contributed by atoms with Crippen LogP contribution in [0.15, 0.2) is 0 Å². The summed E-state index contributed by atoms with van der Waals surface area (Å²) in [6, 6.07) is 0.918. The van der Waals surface area contributed by atoms with Gasteiger partial charge in [0.15, 0.2) is 0 Å². The lowest BCUT2D eigenvalue weighted by Crippen LogP contribution is -2.32. The third-order valence-electron chi connectivity index (χ3n) is 3.99. The van der Waals surface area contributed by atoms with Crippen molar-refractivity contribution in [2.45, 2.75) is 52.0 Å². The van der Waals surface area contributed by atoms with Crippen molar-refractivity contribution in [1.29, 1.82) is 0 Å². The summed E-state index contributed by atoms with van der Waals surface area (Å²) in [5.41, 5.74) is 0.595. The van der Waals surface area contributed by atoms with Gasteiger partial charge in [0.1, 0.15) is 0 Å². The van der Waals surface area contributed by atoms with Crippen LogP contribution in [0.25, 0.3) is 0 Å². The topological polar surface area (TPSA) is 3.24 Å². The van der Waals surface area contributed by atoms with Crippen LogP contribution in [0.2, 0.25) is 0 Å². The smallest absolute Gasteiger partial charge is 0.0121 e. The molecule has 0 bridgehead atoms. The lowest BCUT2D eigenvalue weighted by Gasteiger charge is -2.25. The van der Waals surface area contributed by atoms with Crippen molar-refractivity contribution in [1.82, 2.24) is 4.90 Å². The normalized spacial score (nSPS) is 35.8. The zero-order valence-corrected chi connectivity index (χ0v) is 9.34. The molecule has 0 N–H and O–H groups in total. The minimum absolute atomic E-state index is 0.595. The Morgan fingerprint density at radius 1 is 1.08 bits per heavy atom. The maximum absolute atomic E-state index is 2.62. The van der Waals surface area contributed by atoms with Crippen molar-refractivity contribution < 1.29 is 0 Å².